The first kappa shape index (κ1) is 14.5. The van der Waals surface area contributed by atoms with Crippen molar-refractivity contribution in [1.82, 2.24) is 0 Å². The van der Waals surface area contributed by atoms with Gasteiger partial charge >= 0.3 is 0 Å². The maximum atomic E-state index is 5.77. The van der Waals surface area contributed by atoms with Crippen molar-refractivity contribution >= 4 is 5.90 Å². The largest absolute Gasteiger partial charge is 0.484 e. The SMILES string of the molecule is COC(C)=NC1CCCCC1COCC(C)C. The molecule has 0 aromatic rings. The molecule has 1 saturated carbocycles. The second kappa shape index (κ2) is 7.70. The van der Waals surface area contributed by atoms with Crippen molar-refractivity contribution in [2.24, 2.45) is 16.8 Å². The summed E-state index contributed by atoms with van der Waals surface area (Å²) in [7, 11) is 1.69. The number of methoxy groups -OCH3 is 1. The van der Waals surface area contributed by atoms with E-state index in [1.54, 1.807) is 7.11 Å². The van der Waals surface area contributed by atoms with Crippen LogP contribution in [-0.2, 0) is 9.47 Å². The lowest BCUT2D eigenvalue weighted by Crippen LogP contribution is -2.28. The van der Waals surface area contributed by atoms with Gasteiger partial charge < -0.3 is 9.47 Å². The molecule has 0 spiro atoms. The van der Waals surface area contributed by atoms with Gasteiger partial charge in [-0.3, -0.25) is 4.99 Å². The molecule has 2 atom stereocenters. The second-order valence-electron chi connectivity index (χ2n) is 5.40. The highest BCUT2D eigenvalue weighted by Gasteiger charge is 2.25. The molecule has 1 aliphatic rings. The predicted molar refractivity (Wildman–Crippen MR) is 71.5 cm³/mol. The fourth-order valence-electron chi connectivity index (χ4n) is 2.29. The number of hydrogen-bond donors (Lipinski definition) is 0. The van der Waals surface area contributed by atoms with Crippen LogP contribution in [0.15, 0.2) is 4.99 Å². The Balaban J connectivity index is 2.42. The minimum Gasteiger partial charge on any atom is -0.484 e. The Morgan fingerprint density at radius 1 is 1.29 bits per heavy atom. The summed E-state index contributed by atoms with van der Waals surface area (Å²) < 4.78 is 10.9. The van der Waals surface area contributed by atoms with Crippen molar-refractivity contribution in [2.45, 2.75) is 52.5 Å². The Bertz CT molecular complexity index is 238. The lowest BCUT2D eigenvalue weighted by Gasteiger charge is -2.29. The average molecular weight is 241 g/mol. The van der Waals surface area contributed by atoms with Crippen molar-refractivity contribution in [1.29, 1.82) is 0 Å². The molecule has 0 radical (unpaired) electrons. The van der Waals surface area contributed by atoms with Gasteiger partial charge in [-0.1, -0.05) is 26.7 Å². The van der Waals surface area contributed by atoms with Crippen LogP contribution in [0.25, 0.3) is 0 Å². The van der Waals surface area contributed by atoms with Gasteiger partial charge in [0.15, 0.2) is 5.90 Å². The van der Waals surface area contributed by atoms with E-state index in [9.17, 15) is 0 Å². The van der Waals surface area contributed by atoms with E-state index in [0.717, 1.165) is 19.1 Å². The molecule has 1 aliphatic carbocycles. The van der Waals surface area contributed by atoms with Gasteiger partial charge in [0, 0.05) is 19.4 Å². The molecule has 1 rings (SSSR count). The second-order valence-corrected chi connectivity index (χ2v) is 5.40. The number of hydrogen-bond acceptors (Lipinski definition) is 3. The van der Waals surface area contributed by atoms with Gasteiger partial charge in [0.2, 0.25) is 0 Å². The van der Waals surface area contributed by atoms with Crippen LogP contribution >= 0.6 is 0 Å². The Labute approximate surface area is 106 Å². The highest BCUT2D eigenvalue weighted by atomic mass is 16.5. The van der Waals surface area contributed by atoms with E-state index in [4.69, 9.17) is 9.47 Å². The minimum atomic E-state index is 0.399. The van der Waals surface area contributed by atoms with Crippen LogP contribution in [0.1, 0.15) is 46.5 Å². The number of aliphatic imine (C=N–C) groups is 1. The number of ether oxygens (including phenoxy) is 2. The first-order valence-corrected chi connectivity index (χ1v) is 6.79. The third-order valence-electron chi connectivity index (χ3n) is 3.30. The molecule has 3 heteroatoms. The summed E-state index contributed by atoms with van der Waals surface area (Å²) >= 11 is 0. The quantitative estimate of drug-likeness (QED) is 0.546. The van der Waals surface area contributed by atoms with Crippen LogP contribution in [0.3, 0.4) is 0 Å². The lowest BCUT2D eigenvalue weighted by molar-refractivity contribution is 0.0607. The molecule has 100 valence electrons. The molecule has 0 N–H and O–H groups in total. The summed E-state index contributed by atoms with van der Waals surface area (Å²) in [6.45, 7) is 8.01. The number of rotatable bonds is 5. The summed E-state index contributed by atoms with van der Waals surface area (Å²) in [4.78, 5) is 4.65. The zero-order valence-electron chi connectivity index (χ0n) is 11.7. The van der Waals surface area contributed by atoms with Crippen LogP contribution in [0.4, 0.5) is 0 Å². The Hall–Kier alpha value is -0.570. The van der Waals surface area contributed by atoms with E-state index in [1.807, 2.05) is 6.92 Å². The summed E-state index contributed by atoms with van der Waals surface area (Å²) in [6.07, 6.45) is 5.01. The molecular weight excluding hydrogens is 214 g/mol. The van der Waals surface area contributed by atoms with Gasteiger partial charge in [0.1, 0.15) is 0 Å². The van der Waals surface area contributed by atoms with E-state index >= 15 is 0 Å². The van der Waals surface area contributed by atoms with Crippen molar-refractivity contribution < 1.29 is 9.47 Å². The Kier molecular flexibility index (Phi) is 6.56. The predicted octanol–water partition coefficient (Wildman–Crippen LogP) is 3.28. The van der Waals surface area contributed by atoms with Crippen molar-refractivity contribution in [3.8, 4) is 0 Å². The average Bonchev–Trinajstić information content (AvgIpc) is 2.30. The number of nitrogens with zero attached hydrogens (tertiary/aromatic N) is 1. The molecule has 17 heavy (non-hydrogen) atoms. The molecule has 1 fully saturated rings. The van der Waals surface area contributed by atoms with Crippen LogP contribution in [0, 0.1) is 11.8 Å². The third-order valence-corrected chi connectivity index (χ3v) is 3.30. The van der Waals surface area contributed by atoms with E-state index in [2.05, 4.69) is 18.8 Å². The van der Waals surface area contributed by atoms with Crippen LogP contribution < -0.4 is 0 Å². The molecule has 0 amide bonds. The fourth-order valence-corrected chi connectivity index (χ4v) is 2.29. The molecule has 0 heterocycles. The van der Waals surface area contributed by atoms with Gasteiger partial charge in [-0.05, 0) is 18.8 Å². The lowest BCUT2D eigenvalue weighted by atomic mass is 9.85. The van der Waals surface area contributed by atoms with E-state index in [1.165, 1.54) is 25.7 Å². The van der Waals surface area contributed by atoms with Crippen LogP contribution in [0.5, 0.6) is 0 Å². The third kappa shape index (κ3) is 5.53. The molecule has 2 unspecified atom stereocenters. The summed E-state index contributed by atoms with van der Waals surface area (Å²) in [5.41, 5.74) is 0. The molecule has 0 aromatic heterocycles. The fraction of sp³-hybridized carbons (Fsp3) is 0.929. The Morgan fingerprint density at radius 2 is 2.00 bits per heavy atom. The van der Waals surface area contributed by atoms with Crippen LogP contribution in [-0.4, -0.2) is 32.3 Å². The smallest absolute Gasteiger partial charge is 0.179 e. The zero-order valence-corrected chi connectivity index (χ0v) is 11.7. The standard InChI is InChI=1S/C14H27NO2/c1-11(2)9-17-10-13-7-5-6-8-14(13)15-12(3)16-4/h11,13-14H,5-10H2,1-4H3. The summed E-state index contributed by atoms with van der Waals surface area (Å²) in [5, 5.41) is 0. The first-order chi connectivity index (χ1) is 8.13. The molecule has 0 saturated heterocycles. The van der Waals surface area contributed by atoms with E-state index in [-0.39, 0.29) is 0 Å². The highest BCUT2D eigenvalue weighted by Crippen LogP contribution is 2.27. The summed E-state index contributed by atoms with van der Waals surface area (Å²) in [5.74, 6) is 1.99. The van der Waals surface area contributed by atoms with Gasteiger partial charge in [-0.15, -0.1) is 0 Å². The van der Waals surface area contributed by atoms with E-state index in [0.29, 0.717) is 17.9 Å². The maximum Gasteiger partial charge on any atom is 0.179 e. The summed E-state index contributed by atoms with van der Waals surface area (Å²) in [6, 6.07) is 0.399. The molecular formula is C14H27NO2. The Morgan fingerprint density at radius 3 is 2.65 bits per heavy atom. The van der Waals surface area contributed by atoms with Gasteiger partial charge in [0.25, 0.3) is 0 Å². The molecule has 0 aliphatic heterocycles. The normalized spacial score (nSPS) is 26.3. The van der Waals surface area contributed by atoms with Gasteiger partial charge in [-0.2, -0.15) is 0 Å². The van der Waals surface area contributed by atoms with Gasteiger partial charge in [-0.25, -0.2) is 0 Å². The van der Waals surface area contributed by atoms with Crippen molar-refractivity contribution in [2.75, 3.05) is 20.3 Å². The van der Waals surface area contributed by atoms with E-state index < -0.39 is 0 Å². The molecule has 0 aromatic carbocycles. The monoisotopic (exact) mass is 241 g/mol. The zero-order chi connectivity index (χ0) is 12.7. The highest BCUT2D eigenvalue weighted by molar-refractivity contribution is 5.73. The van der Waals surface area contributed by atoms with Crippen LogP contribution in [0.2, 0.25) is 0 Å². The topological polar surface area (TPSA) is 30.8 Å². The molecule has 3 nitrogen and oxygen atoms in total. The van der Waals surface area contributed by atoms with Crippen molar-refractivity contribution in [3.05, 3.63) is 0 Å². The first-order valence-electron chi connectivity index (χ1n) is 6.79. The van der Waals surface area contributed by atoms with Crippen molar-refractivity contribution in [3.63, 3.8) is 0 Å². The molecule has 0 bridgehead atoms. The van der Waals surface area contributed by atoms with Gasteiger partial charge in [0.05, 0.1) is 19.8 Å². The maximum absolute atomic E-state index is 5.77. The minimum absolute atomic E-state index is 0.399.